The molecule has 1 atom stereocenters. The van der Waals surface area contributed by atoms with Crippen LogP contribution < -0.4 is 10.6 Å². The maximum atomic E-state index is 12.2. The lowest BCUT2D eigenvalue weighted by molar-refractivity contribution is -0.119. The molecule has 0 bridgehead atoms. The summed E-state index contributed by atoms with van der Waals surface area (Å²) in [5.41, 5.74) is 2.28. The molecule has 1 aromatic heterocycles. The van der Waals surface area contributed by atoms with Crippen LogP contribution in [-0.2, 0) is 9.59 Å². The van der Waals surface area contributed by atoms with Crippen molar-refractivity contribution in [1.29, 1.82) is 0 Å². The number of hydrogen-bond donors (Lipinski definition) is 2. The molecule has 27 heavy (non-hydrogen) atoms. The van der Waals surface area contributed by atoms with Crippen LogP contribution >= 0.6 is 34.9 Å². The third-order valence-electron chi connectivity index (χ3n) is 3.65. The van der Waals surface area contributed by atoms with Crippen LogP contribution in [0.1, 0.15) is 37.4 Å². The maximum Gasteiger partial charge on any atom is 0.230 e. The van der Waals surface area contributed by atoms with Gasteiger partial charge in [-0.3, -0.25) is 9.59 Å². The predicted molar refractivity (Wildman–Crippen MR) is 112 cm³/mol. The Hall–Kier alpha value is -1.58. The minimum atomic E-state index is -0.0425. The Morgan fingerprint density at radius 3 is 2.37 bits per heavy atom. The molecule has 146 valence electrons. The van der Waals surface area contributed by atoms with Crippen molar-refractivity contribution in [3.63, 3.8) is 0 Å². The Morgan fingerprint density at radius 2 is 1.74 bits per heavy atom. The Labute approximate surface area is 172 Å². The smallest absolute Gasteiger partial charge is 0.230 e. The van der Waals surface area contributed by atoms with Gasteiger partial charge in [-0.25, -0.2) is 0 Å². The van der Waals surface area contributed by atoms with E-state index in [9.17, 15) is 9.59 Å². The van der Waals surface area contributed by atoms with E-state index in [1.54, 1.807) is 0 Å². The summed E-state index contributed by atoms with van der Waals surface area (Å²) in [6.07, 6.45) is 0.917. The lowest BCUT2D eigenvalue weighted by Gasteiger charge is -2.16. The first-order valence-corrected chi connectivity index (χ1v) is 11.5. The summed E-state index contributed by atoms with van der Waals surface area (Å²) in [6.45, 7) is 6.72. The van der Waals surface area contributed by atoms with Gasteiger partial charge in [0.2, 0.25) is 11.8 Å². The number of thioether (sulfide) groups is 2. The van der Waals surface area contributed by atoms with Crippen LogP contribution in [-0.4, -0.2) is 40.1 Å². The monoisotopic (exact) mass is 424 g/mol. The summed E-state index contributed by atoms with van der Waals surface area (Å²) in [5.74, 6) is 0.565. The molecule has 0 fully saturated rings. The largest absolute Gasteiger partial charge is 0.355 e. The number of amides is 2. The summed E-state index contributed by atoms with van der Waals surface area (Å²) >= 11 is 4.12. The number of benzene rings is 1. The Balaban J connectivity index is 1.75. The maximum absolute atomic E-state index is 12.2. The quantitative estimate of drug-likeness (QED) is 0.569. The molecule has 1 heterocycles. The molecule has 0 aliphatic carbocycles. The Bertz CT molecular complexity index is 767. The molecule has 0 aliphatic heterocycles. The summed E-state index contributed by atoms with van der Waals surface area (Å²) in [4.78, 5) is 23.8. The standard InChI is InChI=1S/C18H24N4O2S3/c1-4-9-19-15(23)10-25-17-21-22-18(27-17)26-11-16(24)20-13(3)14-8-6-5-7-12(14)2/h5-8,13H,4,9-11H2,1-3H3,(H,19,23)(H,20,24). The zero-order valence-electron chi connectivity index (χ0n) is 15.7. The van der Waals surface area contributed by atoms with Crippen LogP contribution in [0.2, 0.25) is 0 Å². The average Bonchev–Trinajstić information content (AvgIpc) is 3.11. The van der Waals surface area contributed by atoms with Gasteiger partial charge in [0, 0.05) is 6.54 Å². The van der Waals surface area contributed by atoms with E-state index in [2.05, 4.69) is 20.8 Å². The van der Waals surface area contributed by atoms with Gasteiger partial charge >= 0.3 is 0 Å². The lowest BCUT2D eigenvalue weighted by Crippen LogP contribution is -2.28. The SMILES string of the molecule is CCCNC(=O)CSc1nnc(SCC(=O)NC(C)c2ccccc2C)s1. The van der Waals surface area contributed by atoms with E-state index in [4.69, 9.17) is 0 Å². The molecule has 2 amide bonds. The highest BCUT2D eigenvalue weighted by Crippen LogP contribution is 2.28. The number of aromatic nitrogens is 2. The molecule has 0 saturated carbocycles. The lowest BCUT2D eigenvalue weighted by atomic mass is 10.0. The molecule has 1 aromatic carbocycles. The van der Waals surface area contributed by atoms with E-state index in [1.807, 2.05) is 45.0 Å². The van der Waals surface area contributed by atoms with Crippen LogP contribution in [0.4, 0.5) is 0 Å². The van der Waals surface area contributed by atoms with E-state index in [0.29, 0.717) is 12.3 Å². The van der Waals surface area contributed by atoms with Gasteiger partial charge in [0.25, 0.3) is 0 Å². The van der Waals surface area contributed by atoms with Gasteiger partial charge in [0.05, 0.1) is 17.5 Å². The zero-order chi connectivity index (χ0) is 19.6. The third-order valence-corrected chi connectivity index (χ3v) is 6.84. The number of nitrogens with one attached hydrogen (secondary N) is 2. The van der Waals surface area contributed by atoms with Gasteiger partial charge in [0.15, 0.2) is 8.68 Å². The second-order valence-electron chi connectivity index (χ2n) is 5.91. The Kier molecular flexibility index (Phi) is 9.09. The molecule has 2 aromatic rings. The molecule has 0 spiro atoms. The van der Waals surface area contributed by atoms with Crippen molar-refractivity contribution in [2.45, 2.75) is 41.9 Å². The summed E-state index contributed by atoms with van der Waals surface area (Å²) in [7, 11) is 0. The van der Waals surface area contributed by atoms with Crippen LogP contribution in [0.15, 0.2) is 32.9 Å². The molecule has 0 radical (unpaired) electrons. The molecule has 6 nitrogen and oxygen atoms in total. The van der Waals surface area contributed by atoms with Gasteiger partial charge in [-0.05, 0) is 31.4 Å². The minimum Gasteiger partial charge on any atom is -0.355 e. The summed E-state index contributed by atoms with van der Waals surface area (Å²) in [6, 6.07) is 7.99. The first-order valence-electron chi connectivity index (χ1n) is 8.70. The van der Waals surface area contributed by atoms with Crippen LogP contribution in [0, 0.1) is 6.92 Å². The summed E-state index contributed by atoms with van der Waals surface area (Å²) < 4.78 is 1.46. The first-order chi connectivity index (χ1) is 13.0. The van der Waals surface area contributed by atoms with Crippen molar-refractivity contribution < 1.29 is 9.59 Å². The number of rotatable bonds is 10. The van der Waals surface area contributed by atoms with E-state index in [0.717, 1.165) is 26.2 Å². The zero-order valence-corrected chi connectivity index (χ0v) is 18.1. The van der Waals surface area contributed by atoms with Crippen molar-refractivity contribution in [2.75, 3.05) is 18.1 Å². The van der Waals surface area contributed by atoms with E-state index < -0.39 is 0 Å². The van der Waals surface area contributed by atoms with Gasteiger partial charge in [-0.15, -0.1) is 10.2 Å². The third kappa shape index (κ3) is 7.51. The van der Waals surface area contributed by atoms with Gasteiger partial charge < -0.3 is 10.6 Å². The van der Waals surface area contributed by atoms with Crippen LogP contribution in [0.5, 0.6) is 0 Å². The highest BCUT2D eigenvalue weighted by molar-refractivity contribution is 8.03. The second-order valence-corrected chi connectivity index (χ2v) is 9.33. The molecule has 2 N–H and O–H groups in total. The topological polar surface area (TPSA) is 84.0 Å². The predicted octanol–water partition coefficient (Wildman–Crippen LogP) is 3.43. The van der Waals surface area contributed by atoms with Crippen molar-refractivity contribution in [3.05, 3.63) is 35.4 Å². The molecule has 9 heteroatoms. The number of hydrogen-bond acceptors (Lipinski definition) is 7. The van der Waals surface area contributed by atoms with Crippen molar-refractivity contribution in [3.8, 4) is 0 Å². The number of carbonyl (C=O) groups excluding carboxylic acids is 2. The molecule has 1 unspecified atom stereocenters. The number of carbonyl (C=O) groups is 2. The van der Waals surface area contributed by atoms with Gasteiger partial charge in [0.1, 0.15) is 0 Å². The molecular weight excluding hydrogens is 400 g/mol. The molecule has 0 aliphatic rings. The highest BCUT2D eigenvalue weighted by atomic mass is 32.2. The van der Waals surface area contributed by atoms with Gasteiger partial charge in [-0.2, -0.15) is 0 Å². The molecular formula is C18H24N4O2S3. The Morgan fingerprint density at radius 1 is 1.11 bits per heavy atom. The molecule has 0 saturated heterocycles. The average molecular weight is 425 g/mol. The fourth-order valence-corrected chi connectivity index (χ4v) is 4.98. The van der Waals surface area contributed by atoms with Crippen molar-refractivity contribution in [1.82, 2.24) is 20.8 Å². The van der Waals surface area contributed by atoms with Crippen LogP contribution in [0.3, 0.4) is 0 Å². The minimum absolute atomic E-state index is 0.00387. The van der Waals surface area contributed by atoms with Crippen molar-refractivity contribution >= 4 is 46.7 Å². The normalized spacial score (nSPS) is 11.8. The summed E-state index contributed by atoms with van der Waals surface area (Å²) in [5, 5.41) is 14.0. The highest BCUT2D eigenvalue weighted by Gasteiger charge is 2.13. The number of aryl methyl sites for hydroxylation is 1. The number of nitrogens with zero attached hydrogens (tertiary/aromatic N) is 2. The first kappa shape index (κ1) is 21.7. The molecule has 2 rings (SSSR count). The fourth-order valence-electron chi connectivity index (χ4n) is 2.32. The van der Waals surface area contributed by atoms with Crippen LogP contribution in [0.25, 0.3) is 0 Å². The second kappa shape index (κ2) is 11.3. The van der Waals surface area contributed by atoms with E-state index >= 15 is 0 Å². The van der Waals surface area contributed by atoms with E-state index in [1.165, 1.54) is 34.9 Å². The fraction of sp³-hybridized carbons (Fsp3) is 0.444. The van der Waals surface area contributed by atoms with Crippen molar-refractivity contribution in [2.24, 2.45) is 0 Å². The van der Waals surface area contributed by atoms with Gasteiger partial charge in [-0.1, -0.05) is 66.0 Å². The van der Waals surface area contributed by atoms with E-state index in [-0.39, 0.29) is 23.6 Å².